The third kappa shape index (κ3) is 2.09. The van der Waals surface area contributed by atoms with Gasteiger partial charge in [-0.1, -0.05) is 6.92 Å². The molecule has 0 radical (unpaired) electrons. The molecule has 2 N–H and O–H groups in total. The average molecular weight is 206 g/mol. The van der Waals surface area contributed by atoms with Crippen LogP contribution in [-0.4, -0.2) is 28.0 Å². The maximum Gasteiger partial charge on any atom is 0.130 e. The van der Waals surface area contributed by atoms with Crippen LogP contribution in [0.25, 0.3) is 0 Å². The number of nitrogens with two attached hydrogens (primary N) is 1. The van der Waals surface area contributed by atoms with Gasteiger partial charge in [0, 0.05) is 18.7 Å². The van der Waals surface area contributed by atoms with Gasteiger partial charge in [-0.3, -0.25) is 4.90 Å². The molecule has 0 saturated heterocycles. The zero-order valence-corrected chi connectivity index (χ0v) is 9.45. The van der Waals surface area contributed by atoms with Crippen molar-refractivity contribution < 1.29 is 0 Å². The Morgan fingerprint density at radius 3 is 2.93 bits per heavy atom. The van der Waals surface area contributed by atoms with Crippen molar-refractivity contribution in [3.63, 3.8) is 0 Å². The van der Waals surface area contributed by atoms with Gasteiger partial charge in [0.2, 0.25) is 0 Å². The summed E-state index contributed by atoms with van der Waals surface area (Å²) in [6.07, 6.45) is 2.18. The van der Waals surface area contributed by atoms with Crippen LogP contribution in [-0.2, 0) is 13.0 Å². The summed E-state index contributed by atoms with van der Waals surface area (Å²) >= 11 is 0. The summed E-state index contributed by atoms with van der Waals surface area (Å²) in [6, 6.07) is 0. The highest BCUT2D eigenvalue weighted by Crippen LogP contribution is 2.21. The molecule has 15 heavy (non-hydrogen) atoms. The highest BCUT2D eigenvalue weighted by Gasteiger charge is 2.19. The van der Waals surface area contributed by atoms with Crippen LogP contribution in [0, 0.1) is 6.92 Å². The van der Waals surface area contributed by atoms with Crippen LogP contribution in [0.2, 0.25) is 0 Å². The first-order valence-corrected chi connectivity index (χ1v) is 5.55. The number of hydrogen-bond donors (Lipinski definition) is 1. The Labute approximate surface area is 90.5 Å². The lowest BCUT2D eigenvalue weighted by Gasteiger charge is -2.28. The number of aryl methyl sites for hydroxylation is 1. The third-order valence-electron chi connectivity index (χ3n) is 2.83. The van der Waals surface area contributed by atoms with Gasteiger partial charge >= 0.3 is 0 Å². The fourth-order valence-corrected chi connectivity index (χ4v) is 2.15. The maximum absolute atomic E-state index is 5.89. The summed E-state index contributed by atoms with van der Waals surface area (Å²) in [5.74, 6) is 1.46. The molecule has 0 bridgehead atoms. The molecule has 0 amide bonds. The van der Waals surface area contributed by atoms with E-state index in [-0.39, 0.29) is 0 Å². The first kappa shape index (κ1) is 10.4. The molecule has 2 heterocycles. The van der Waals surface area contributed by atoms with Gasteiger partial charge in [-0.2, -0.15) is 0 Å². The van der Waals surface area contributed by atoms with Gasteiger partial charge in [-0.25, -0.2) is 9.97 Å². The molecule has 0 spiro atoms. The molecule has 0 aliphatic carbocycles. The fourth-order valence-electron chi connectivity index (χ4n) is 2.15. The number of aromatic nitrogens is 2. The molecule has 82 valence electrons. The van der Waals surface area contributed by atoms with Crippen LogP contribution in [0.3, 0.4) is 0 Å². The predicted octanol–water partition coefficient (Wildman–Crippen LogP) is 1.14. The Kier molecular flexibility index (Phi) is 2.86. The molecule has 0 unspecified atom stereocenters. The van der Waals surface area contributed by atoms with Gasteiger partial charge in [0.1, 0.15) is 11.6 Å². The van der Waals surface area contributed by atoms with Gasteiger partial charge in [0.05, 0.1) is 5.69 Å². The van der Waals surface area contributed by atoms with Crippen LogP contribution in [0.4, 0.5) is 5.82 Å². The normalized spacial score (nSPS) is 16.4. The van der Waals surface area contributed by atoms with Gasteiger partial charge in [0.25, 0.3) is 0 Å². The molecule has 0 fully saturated rings. The molecule has 0 aromatic carbocycles. The monoisotopic (exact) mass is 206 g/mol. The van der Waals surface area contributed by atoms with E-state index in [2.05, 4.69) is 21.8 Å². The number of anilines is 1. The smallest absolute Gasteiger partial charge is 0.130 e. The van der Waals surface area contributed by atoms with E-state index in [4.69, 9.17) is 5.73 Å². The molecule has 4 heteroatoms. The molecule has 1 aromatic heterocycles. The standard InChI is InChI=1S/C11H18N4/c1-3-5-15-6-4-9-10(7-15)13-8(2)14-11(9)12/h3-7H2,1-2H3,(H2,12,13,14). The van der Waals surface area contributed by atoms with Crippen molar-refractivity contribution in [2.75, 3.05) is 18.8 Å². The van der Waals surface area contributed by atoms with Crippen molar-refractivity contribution in [2.45, 2.75) is 33.2 Å². The Morgan fingerprint density at radius 1 is 1.40 bits per heavy atom. The lowest BCUT2D eigenvalue weighted by atomic mass is 10.1. The van der Waals surface area contributed by atoms with Gasteiger partial charge < -0.3 is 5.73 Å². The summed E-state index contributed by atoms with van der Waals surface area (Å²) in [5.41, 5.74) is 8.18. The summed E-state index contributed by atoms with van der Waals surface area (Å²) in [6.45, 7) is 7.25. The summed E-state index contributed by atoms with van der Waals surface area (Å²) in [5, 5.41) is 0. The summed E-state index contributed by atoms with van der Waals surface area (Å²) in [7, 11) is 0. The second-order valence-corrected chi connectivity index (χ2v) is 4.11. The van der Waals surface area contributed by atoms with E-state index >= 15 is 0 Å². The van der Waals surface area contributed by atoms with E-state index in [0.717, 1.165) is 43.1 Å². The lowest BCUT2D eigenvalue weighted by molar-refractivity contribution is 0.250. The van der Waals surface area contributed by atoms with Gasteiger partial charge in [-0.15, -0.1) is 0 Å². The number of rotatable bonds is 2. The van der Waals surface area contributed by atoms with Crippen LogP contribution >= 0.6 is 0 Å². The molecule has 4 nitrogen and oxygen atoms in total. The van der Waals surface area contributed by atoms with E-state index in [1.54, 1.807) is 0 Å². The Morgan fingerprint density at radius 2 is 2.20 bits per heavy atom. The molecular formula is C11H18N4. The van der Waals surface area contributed by atoms with Crippen LogP contribution in [0.5, 0.6) is 0 Å². The van der Waals surface area contributed by atoms with E-state index in [9.17, 15) is 0 Å². The molecule has 1 aliphatic rings. The van der Waals surface area contributed by atoms with Crippen LogP contribution in [0.1, 0.15) is 30.4 Å². The molecular weight excluding hydrogens is 188 g/mol. The number of hydrogen-bond acceptors (Lipinski definition) is 4. The second-order valence-electron chi connectivity index (χ2n) is 4.11. The third-order valence-corrected chi connectivity index (χ3v) is 2.83. The Hall–Kier alpha value is -1.16. The first-order chi connectivity index (χ1) is 7.20. The SMILES string of the molecule is CCCN1CCc2c(N)nc(C)nc2C1. The number of nitrogen functional groups attached to an aromatic ring is 1. The molecule has 1 aromatic rings. The van der Waals surface area contributed by atoms with E-state index in [0.29, 0.717) is 5.82 Å². The fraction of sp³-hybridized carbons (Fsp3) is 0.636. The zero-order chi connectivity index (χ0) is 10.8. The van der Waals surface area contributed by atoms with Gasteiger partial charge in [-0.05, 0) is 26.3 Å². The van der Waals surface area contributed by atoms with Crippen molar-refractivity contribution in [1.82, 2.24) is 14.9 Å². The Balaban J connectivity index is 2.25. The van der Waals surface area contributed by atoms with Crippen molar-refractivity contribution in [3.8, 4) is 0 Å². The number of fused-ring (bicyclic) bond motifs is 1. The minimum absolute atomic E-state index is 0.675. The van der Waals surface area contributed by atoms with Gasteiger partial charge in [0.15, 0.2) is 0 Å². The summed E-state index contributed by atoms with van der Waals surface area (Å²) < 4.78 is 0. The zero-order valence-electron chi connectivity index (χ0n) is 9.45. The molecule has 0 saturated carbocycles. The first-order valence-electron chi connectivity index (χ1n) is 5.55. The van der Waals surface area contributed by atoms with E-state index < -0.39 is 0 Å². The van der Waals surface area contributed by atoms with Crippen LogP contribution < -0.4 is 5.73 Å². The number of nitrogens with zero attached hydrogens (tertiary/aromatic N) is 3. The maximum atomic E-state index is 5.89. The largest absolute Gasteiger partial charge is 0.383 e. The van der Waals surface area contributed by atoms with Crippen molar-refractivity contribution in [1.29, 1.82) is 0 Å². The quantitative estimate of drug-likeness (QED) is 0.788. The average Bonchev–Trinajstić information content (AvgIpc) is 2.17. The molecule has 1 aliphatic heterocycles. The summed E-state index contributed by atoms with van der Waals surface area (Å²) in [4.78, 5) is 11.1. The van der Waals surface area contributed by atoms with Crippen molar-refractivity contribution in [3.05, 3.63) is 17.1 Å². The highest BCUT2D eigenvalue weighted by molar-refractivity contribution is 5.43. The lowest BCUT2D eigenvalue weighted by Crippen LogP contribution is -2.32. The van der Waals surface area contributed by atoms with Crippen molar-refractivity contribution >= 4 is 5.82 Å². The Bertz CT molecular complexity index is 362. The predicted molar refractivity (Wildman–Crippen MR) is 60.5 cm³/mol. The second kappa shape index (κ2) is 4.14. The minimum atomic E-state index is 0.675. The topological polar surface area (TPSA) is 55.0 Å². The van der Waals surface area contributed by atoms with Crippen molar-refractivity contribution in [2.24, 2.45) is 0 Å². The minimum Gasteiger partial charge on any atom is -0.383 e. The molecule has 2 rings (SSSR count). The van der Waals surface area contributed by atoms with E-state index in [1.807, 2.05) is 6.92 Å². The molecule has 0 atom stereocenters. The highest BCUT2D eigenvalue weighted by atomic mass is 15.1. The van der Waals surface area contributed by atoms with E-state index in [1.165, 1.54) is 6.42 Å². The van der Waals surface area contributed by atoms with Crippen LogP contribution in [0.15, 0.2) is 0 Å².